The molecule has 2 aliphatic rings. The molecule has 6 heteroatoms. The Morgan fingerprint density at radius 3 is 2.68 bits per heavy atom. The van der Waals surface area contributed by atoms with Gasteiger partial charge in [-0.3, -0.25) is 4.79 Å². The fraction of sp³-hybridized carbons (Fsp3) is 0.562. The summed E-state index contributed by atoms with van der Waals surface area (Å²) in [6, 6.07) is 5.65. The number of hydrogen-bond acceptors (Lipinski definition) is 5. The summed E-state index contributed by atoms with van der Waals surface area (Å²) >= 11 is 0. The third-order valence-corrected chi connectivity index (χ3v) is 4.45. The smallest absolute Gasteiger partial charge is 0.252 e. The second-order valence-electron chi connectivity index (χ2n) is 5.88. The summed E-state index contributed by atoms with van der Waals surface area (Å²) in [5.41, 5.74) is 1.42. The Morgan fingerprint density at radius 2 is 2.14 bits per heavy atom. The fourth-order valence-electron chi connectivity index (χ4n) is 3.02. The van der Waals surface area contributed by atoms with E-state index in [4.69, 9.17) is 10.00 Å². The monoisotopic (exact) mass is 300 g/mol. The molecule has 0 bridgehead atoms. The zero-order valence-electron chi connectivity index (χ0n) is 12.7. The van der Waals surface area contributed by atoms with Crippen molar-refractivity contribution in [2.24, 2.45) is 5.92 Å². The van der Waals surface area contributed by atoms with Crippen LogP contribution in [0.3, 0.4) is 0 Å². The van der Waals surface area contributed by atoms with Crippen molar-refractivity contribution in [3.63, 3.8) is 0 Å². The minimum absolute atomic E-state index is 0.127. The van der Waals surface area contributed by atoms with Gasteiger partial charge in [-0.1, -0.05) is 6.92 Å². The highest BCUT2D eigenvalue weighted by atomic mass is 16.5. The Hall–Kier alpha value is -2.13. The van der Waals surface area contributed by atoms with E-state index in [0.717, 1.165) is 25.2 Å². The van der Waals surface area contributed by atoms with Crippen LogP contribution >= 0.6 is 0 Å². The molecule has 3 rings (SSSR count). The van der Waals surface area contributed by atoms with Crippen molar-refractivity contribution < 1.29 is 9.53 Å². The number of hydrogen-bond donors (Lipinski definition) is 0. The molecule has 0 N–H and O–H groups in total. The molecule has 2 atom stereocenters. The van der Waals surface area contributed by atoms with Gasteiger partial charge in [0.2, 0.25) is 0 Å². The van der Waals surface area contributed by atoms with E-state index in [9.17, 15) is 4.79 Å². The molecule has 0 unspecified atom stereocenters. The maximum Gasteiger partial charge on any atom is 0.252 e. The van der Waals surface area contributed by atoms with Crippen LogP contribution in [-0.4, -0.2) is 54.7 Å². The predicted octanol–water partition coefficient (Wildman–Crippen LogP) is 1.03. The molecule has 3 heterocycles. The Morgan fingerprint density at radius 1 is 1.36 bits per heavy atom. The van der Waals surface area contributed by atoms with Crippen LogP contribution in [0.25, 0.3) is 0 Å². The van der Waals surface area contributed by atoms with Crippen LogP contribution in [0.4, 0.5) is 5.69 Å². The van der Waals surface area contributed by atoms with Crippen molar-refractivity contribution in [3.8, 4) is 6.07 Å². The van der Waals surface area contributed by atoms with Crippen LogP contribution in [0.15, 0.2) is 18.3 Å². The lowest BCUT2D eigenvalue weighted by molar-refractivity contribution is -0.142. The summed E-state index contributed by atoms with van der Waals surface area (Å²) in [4.78, 5) is 20.7. The molecule has 2 aliphatic heterocycles. The number of nitriles is 1. The highest BCUT2D eigenvalue weighted by Gasteiger charge is 2.35. The SMILES string of the molecule is C[C@@H]1CCO[C@@H]1C(=O)N1CCN(c2ccc(C#N)nc2)CC1. The number of carbonyl (C=O) groups excluding carboxylic acids is 1. The van der Waals surface area contributed by atoms with Crippen molar-refractivity contribution in [3.05, 3.63) is 24.0 Å². The van der Waals surface area contributed by atoms with Gasteiger partial charge in [-0.2, -0.15) is 5.26 Å². The summed E-state index contributed by atoms with van der Waals surface area (Å²) < 4.78 is 5.57. The topological polar surface area (TPSA) is 69.5 Å². The first-order chi connectivity index (χ1) is 10.7. The quantitative estimate of drug-likeness (QED) is 0.816. The lowest BCUT2D eigenvalue weighted by atomic mass is 10.0. The minimum atomic E-state index is -0.261. The standard InChI is InChI=1S/C16H20N4O2/c1-12-4-9-22-15(12)16(21)20-7-5-19(6-8-20)14-3-2-13(10-17)18-11-14/h2-3,11-12,15H,4-9H2,1H3/t12-,15+/m1/s1. The zero-order chi connectivity index (χ0) is 15.5. The number of rotatable bonds is 2. The van der Waals surface area contributed by atoms with Gasteiger partial charge in [-0.05, 0) is 24.5 Å². The van der Waals surface area contributed by atoms with Gasteiger partial charge < -0.3 is 14.5 Å². The molecule has 0 aliphatic carbocycles. The average Bonchev–Trinajstić information content (AvgIpc) is 3.00. The molecule has 1 amide bonds. The molecule has 1 aromatic rings. The third-order valence-electron chi connectivity index (χ3n) is 4.45. The molecule has 1 aromatic heterocycles. The lowest BCUT2D eigenvalue weighted by Gasteiger charge is -2.37. The summed E-state index contributed by atoms with van der Waals surface area (Å²) in [5, 5.41) is 8.78. The van der Waals surface area contributed by atoms with Gasteiger partial charge >= 0.3 is 0 Å². The molecule has 116 valence electrons. The number of anilines is 1. The van der Waals surface area contributed by atoms with Crippen molar-refractivity contribution in [2.45, 2.75) is 19.4 Å². The van der Waals surface area contributed by atoms with Crippen molar-refractivity contribution in [1.82, 2.24) is 9.88 Å². The molecule has 2 fully saturated rings. The van der Waals surface area contributed by atoms with E-state index in [-0.39, 0.29) is 12.0 Å². The second kappa shape index (κ2) is 6.32. The van der Waals surface area contributed by atoms with Gasteiger partial charge in [0.25, 0.3) is 5.91 Å². The molecule has 22 heavy (non-hydrogen) atoms. The number of amides is 1. The normalized spacial score (nSPS) is 25.1. The highest BCUT2D eigenvalue weighted by molar-refractivity contribution is 5.81. The Balaban J connectivity index is 1.58. The van der Waals surface area contributed by atoms with Gasteiger partial charge in [0.1, 0.15) is 17.9 Å². The number of nitrogens with zero attached hydrogens (tertiary/aromatic N) is 4. The predicted molar refractivity (Wildman–Crippen MR) is 81.3 cm³/mol. The van der Waals surface area contributed by atoms with E-state index in [0.29, 0.717) is 31.3 Å². The number of carbonyl (C=O) groups is 1. The maximum absolute atomic E-state index is 12.5. The van der Waals surface area contributed by atoms with Crippen LogP contribution in [0.2, 0.25) is 0 Å². The van der Waals surface area contributed by atoms with Gasteiger partial charge in [-0.25, -0.2) is 4.98 Å². The van der Waals surface area contributed by atoms with Gasteiger partial charge in [0.15, 0.2) is 0 Å². The fourth-order valence-corrected chi connectivity index (χ4v) is 3.02. The van der Waals surface area contributed by atoms with E-state index in [1.54, 1.807) is 12.3 Å². The molecule has 2 saturated heterocycles. The molecule has 0 radical (unpaired) electrons. The van der Waals surface area contributed by atoms with Crippen molar-refractivity contribution in [1.29, 1.82) is 5.26 Å². The van der Waals surface area contributed by atoms with Crippen LogP contribution < -0.4 is 4.90 Å². The van der Waals surface area contributed by atoms with E-state index in [1.165, 1.54) is 0 Å². The highest BCUT2D eigenvalue weighted by Crippen LogP contribution is 2.23. The minimum Gasteiger partial charge on any atom is -0.368 e. The summed E-state index contributed by atoms with van der Waals surface area (Å²) in [6.45, 7) is 5.72. The third kappa shape index (κ3) is 2.90. The molecule has 0 saturated carbocycles. The Labute approximate surface area is 130 Å². The molecular weight excluding hydrogens is 280 g/mol. The van der Waals surface area contributed by atoms with Crippen LogP contribution in [0.5, 0.6) is 0 Å². The molecule has 0 aromatic carbocycles. The number of aromatic nitrogens is 1. The lowest BCUT2D eigenvalue weighted by Crippen LogP contribution is -2.52. The molecule has 0 spiro atoms. The first-order valence-corrected chi connectivity index (χ1v) is 7.70. The van der Waals surface area contributed by atoms with E-state index < -0.39 is 0 Å². The molecular formula is C16H20N4O2. The zero-order valence-corrected chi connectivity index (χ0v) is 12.7. The van der Waals surface area contributed by atoms with E-state index in [1.807, 2.05) is 17.0 Å². The van der Waals surface area contributed by atoms with Crippen LogP contribution in [-0.2, 0) is 9.53 Å². The maximum atomic E-state index is 12.5. The van der Waals surface area contributed by atoms with E-state index >= 15 is 0 Å². The summed E-state index contributed by atoms with van der Waals surface area (Å²) in [6.07, 6.45) is 2.42. The number of pyridine rings is 1. The van der Waals surface area contributed by atoms with Crippen molar-refractivity contribution in [2.75, 3.05) is 37.7 Å². The first kappa shape index (κ1) is 14.8. The Kier molecular flexibility index (Phi) is 4.25. The molecule has 6 nitrogen and oxygen atoms in total. The Bertz CT molecular complexity index is 573. The second-order valence-corrected chi connectivity index (χ2v) is 5.88. The first-order valence-electron chi connectivity index (χ1n) is 7.70. The van der Waals surface area contributed by atoms with Gasteiger partial charge in [-0.15, -0.1) is 0 Å². The summed E-state index contributed by atoms with van der Waals surface area (Å²) in [7, 11) is 0. The van der Waals surface area contributed by atoms with Crippen LogP contribution in [0.1, 0.15) is 19.0 Å². The van der Waals surface area contributed by atoms with Gasteiger partial charge in [0.05, 0.1) is 11.9 Å². The number of piperazine rings is 1. The van der Waals surface area contributed by atoms with Gasteiger partial charge in [0, 0.05) is 32.8 Å². The average molecular weight is 300 g/mol. The van der Waals surface area contributed by atoms with Crippen LogP contribution in [0, 0.1) is 17.2 Å². The largest absolute Gasteiger partial charge is 0.368 e. The van der Waals surface area contributed by atoms with E-state index in [2.05, 4.69) is 16.8 Å². The summed E-state index contributed by atoms with van der Waals surface area (Å²) in [5.74, 6) is 0.441. The van der Waals surface area contributed by atoms with Crippen molar-refractivity contribution >= 4 is 11.6 Å². The number of ether oxygens (including phenoxy) is 1.